The predicted molar refractivity (Wildman–Crippen MR) is 73.0 cm³/mol. The molecule has 0 saturated heterocycles. The van der Waals surface area contributed by atoms with Crippen molar-refractivity contribution in [2.75, 3.05) is 6.61 Å². The van der Waals surface area contributed by atoms with Gasteiger partial charge in [0.15, 0.2) is 0 Å². The topological polar surface area (TPSA) is 18.5 Å². The summed E-state index contributed by atoms with van der Waals surface area (Å²) in [7, 11) is 0. The molecule has 19 heavy (non-hydrogen) atoms. The summed E-state index contributed by atoms with van der Waals surface area (Å²) in [6, 6.07) is 18.4. The average molecular weight is 250 g/mol. The molecule has 2 aliphatic heterocycles. The molecule has 2 aromatic rings. The highest BCUT2D eigenvalue weighted by atomic mass is 16.6. The van der Waals surface area contributed by atoms with Crippen LogP contribution in [0.5, 0.6) is 5.75 Å². The zero-order valence-electron chi connectivity index (χ0n) is 10.5. The minimum Gasteiger partial charge on any atom is -0.489 e. The monoisotopic (exact) mass is 250 g/mol. The molecule has 0 unspecified atom stereocenters. The molecule has 0 aromatic heterocycles. The number of fused-ring (bicyclic) bond motifs is 2. The van der Waals surface area contributed by atoms with Gasteiger partial charge >= 0.3 is 0 Å². The van der Waals surface area contributed by atoms with Crippen LogP contribution < -0.4 is 4.74 Å². The van der Waals surface area contributed by atoms with Crippen LogP contribution in [-0.2, 0) is 10.3 Å². The molecule has 2 heterocycles. The fourth-order valence-corrected chi connectivity index (χ4v) is 2.81. The molecule has 0 fully saturated rings. The minimum atomic E-state index is -0.406. The average Bonchev–Trinajstić information content (AvgIpc) is 3.07. The maximum absolute atomic E-state index is 6.29. The maximum atomic E-state index is 6.29. The smallest absolute Gasteiger partial charge is 0.150 e. The largest absolute Gasteiger partial charge is 0.489 e. The fraction of sp³-hybridized carbons (Fsp3) is 0.176. The lowest BCUT2D eigenvalue weighted by atomic mass is 9.97. The van der Waals surface area contributed by atoms with Crippen LogP contribution in [-0.4, -0.2) is 6.61 Å². The van der Waals surface area contributed by atoms with E-state index >= 15 is 0 Å². The Morgan fingerprint density at radius 1 is 0.947 bits per heavy atom. The van der Waals surface area contributed by atoms with Gasteiger partial charge in [-0.3, -0.25) is 0 Å². The Balaban J connectivity index is 1.69. The van der Waals surface area contributed by atoms with Crippen molar-refractivity contribution < 1.29 is 9.47 Å². The summed E-state index contributed by atoms with van der Waals surface area (Å²) in [6.07, 6.45) is 4.27. The van der Waals surface area contributed by atoms with Crippen molar-refractivity contribution in [3.63, 3.8) is 0 Å². The Labute approximate surface area is 112 Å². The van der Waals surface area contributed by atoms with Crippen molar-refractivity contribution in [1.82, 2.24) is 0 Å². The molecule has 94 valence electrons. The Bertz CT molecular complexity index is 633. The second-order valence-electron chi connectivity index (χ2n) is 4.98. The van der Waals surface area contributed by atoms with Gasteiger partial charge in [-0.2, -0.15) is 0 Å². The summed E-state index contributed by atoms with van der Waals surface area (Å²) < 4.78 is 12.0. The van der Waals surface area contributed by atoms with E-state index < -0.39 is 5.60 Å². The van der Waals surface area contributed by atoms with E-state index in [9.17, 15) is 0 Å². The van der Waals surface area contributed by atoms with Gasteiger partial charge in [0.05, 0.1) is 0 Å². The molecule has 0 bridgehead atoms. The van der Waals surface area contributed by atoms with Crippen LogP contribution in [0.25, 0.3) is 0 Å². The lowest BCUT2D eigenvalue weighted by Crippen LogP contribution is -2.26. The fourth-order valence-electron chi connectivity index (χ4n) is 2.81. The summed E-state index contributed by atoms with van der Waals surface area (Å²) in [5.41, 5.74) is 1.90. The van der Waals surface area contributed by atoms with E-state index in [1.54, 1.807) is 0 Å². The number of hydrogen-bond donors (Lipinski definition) is 0. The molecule has 1 spiro atoms. The van der Waals surface area contributed by atoms with Gasteiger partial charge in [0.1, 0.15) is 24.1 Å². The van der Waals surface area contributed by atoms with E-state index in [0.29, 0.717) is 6.61 Å². The SMILES string of the molecule is C1=C[C@@]2(COc3ccccc32)O[C@H]1c1ccccc1. The Kier molecular flexibility index (Phi) is 2.26. The standard InChI is InChI=1S/C17H14O2/c1-2-6-13(7-3-1)15-10-11-17(19-15)12-18-16-9-5-4-8-14(16)17/h1-11,15H,12H2/t15-,17+/m1/s1. The molecular formula is C17H14O2. The van der Waals surface area contributed by atoms with Gasteiger partial charge < -0.3 is 9.47 Å². The van der Waals surface area contributed by atoms with Crippen molar-refractivity contribution in [2.24, 2.45) is 0 Å². The van der Waals surface area contributed by atoms with Crippen molar-refractivity contribution in [3.8, 4) is 5.75 Å². The first-order chi connectivity index (χ1) is 9.37. The molecular weight excluding hydrogens is 236 g/mol. The van der Waals surface area contributed by atoms with E-state index in [4.69, 9.17) is 9.47 Å². The summed E-state index contributed by atoms with van der Waals surface area (Å²) in [5.74, 6) is 0.931. The number of ether oxygens (including phenoxy) is 2. The quantitative estimate of drug-likeness (QED) is 0.720. The van der Waals surface area contributed by atoms with Gasteiger partial charge in [0.2, 0.25) is 0 Å². The molecule has 0 aliphatic carbocycles. The van der Waals surface area contributed by atoms with Crippen LogP contribution in [0.1, 0.15) is 17.2 Å². The first kappa shape index (κ1) is 10.8. The van der Waals surface area contributed by atoms with Gasteiger partial charge in [0, 0.05) is 5.56 Å². The van der Waals surface area contributed by atoms with E-state index in [1.807, 2.05) is 36.4 Å². The molecule has 0 N–H and O–H groups in total. The zero-order chi connectivity index (χ0) is 12.7. The van der Waals surface area contributed by atoms with Gasteiger partial charge in [-0.25, -0.2) is 0 Å². The third-order valence-electron chi connectivity index (χ3n) is 3.79. The first-order valence-corrected chi connectivity index (χ1v) is 6.52. The van der Waals surface area contributed by atoms with Crippen LogP contribution in [0.3, 0.4) is 0 Å². The molecule has 2 nitrogen and oxygen atoms in total. The number of rotatable bonds is 1. The maximum Gasteiger partial charge on any atom is 0.150 e. The van der Waals surface area contributed by atoms with Crippen molar-refractivity contribution in [2.45, 2.75) is 11.7 Å². The van der Waals surface area contributed by atoms with E-state index in [2.05, 4.69) is 30.4 Å². The second-order valence-corrected chi connectivity index (χ2v) is 4.98. The lowest BCUT2D eigenvalue weighted by Gasteiger charge is -2.23. The van der Waals surface area contributed by atoms with E-state index in [-0.39, 0.29) is 6.10 Å². The molecule has 4 rings (SSSR count). The van der Waals surface area contributed by atoms with Crippen LogP contribution in [0.4, 0.5) is 0 Å². The van der Waals surface area contributed by atoms with Gasteiger partial charge in [0.25, 0.3) is 0 Å². The van der Waals surface area contributed by atoms with E-state index in [1.165, 1.54) is 5.56 Å². The Morgan fingerprint density at radius 2 is 1.74 bits per heavy atom. The molecule has 2 aliphatic rings. The van der Waals surface area contributed by atoms with Gasteiger partial charge in [-0.1, -0.05) is 54.6 Å². The molecule has 0 radical (unpaired) electrons. The van der Waals surface area contributed by atoms with Crippen molar-refractivity contribution >= 4 is 0 Å². The highest BCUT2D eigenvalue weighted by Crippen LogP contribution is 2.47. The second kappa shape index (κ2) is 3.97. The summed E-state index contributed by atoms with van der Waals surface area (Å²) >= 11 is 0. The van der Waals surface area contributed by atoms with Crippen LogP contribution in [0.2, 0.25) is 0 Å². The molecule has 2 atom stereocenters. The normalized spacial score (nSPS) is 27.5. The Morgan fingerprint density at radius 3 is 2.63 bits per heavy atom. The highest BCUT2D eigenvalue weighted by Gasteiger charge is 2.44. The summed E-state index contributed by atoms with van der Waals surface area (Å²) in [5, 5.41) is 0. The van der Waals surface area contributed by atoms with Gasteiger partial charge in [-0.15, -0.1) is 0 Å². The van der Waals surface area contributed by atoms with Crippen LogP contribution >= 0.6 is 0 Å². The van der Waals surface area contributed by atoms with Crippen LogP contribution in [0.15, 0.2) is 66.7 Å². The number of benzene rings is 2. The first-order valence-electron chi connectivity index (χ1n) is 6.52. The van der Waals surface area contributed by atoms with Crippen LogP contribution in [0, 0.1) is 0 Å². The number of hydrogen-bond acceptors (Lipinski definition) is 2. The molecule has 0 saturated carbocycles. The third-order valence-corrected chi connectivity index (χ3v) is 3.79. The molecule has 0 amide bonds. The van der Waals surface area contributed by atoms with Crippen molar-refractivity contribution in [3.05, 3.63) is 77.9 Å². The summed E-state index contributed by atoms with van der Waals surface area (Å²) in [4.78, 5) is 0. The van der Waals surface area contributed by atoms with Gasteiger partial charge in [-0.05, 0) is 17.7 Å². The Hall–Kier alpha value is -2.06. The molecule has 2 aromatic carbocycles. The highest BCUT2D eigenvalue weighted by molar-refractivity contribution is 5.46. The van der Waals surface area contributed by atoms with Crippen molar-refractivity contribution in [1.29, 1.82) is 0 Å². The predicted octanol–water partition coefficient (Wildman–Crippen LogP) is 3.60. The zero-order valence-corrected chi connectivity index (χ0v) is 10.5. The number of para-hydroxylation sites is 1. The third kappa shape index (κ3) is 1.60. The molecule has 2 heteroatoms. The van der Waals surface area contributed by atoms with E-state index in [0.717, 1.165) is 11.3 Å². The minimum absolute atomic E-state index is 0.0101. The lowest BCUT2D eigenvalue weighted by molar-refractivity contribution is -0.0390. The summed E-state index contributed by atoms with van der Waals surface area (Å²) in [6.45, 7) is 0.562.